The lowest BCUT2D eigenvalue weighted by molar-refractivity contribution is 0.0697. The molecule has 82 valence electrons. The van der Waals surface area contributed by atoms with Gasteiger partial charge >= 0.3 is 5.97 Å². The van der Waals surface area contributed by atoms with Gasteiger partial charge < -0.3 is 10.8 Å². The summed E-state index contributed by atoms with van der Waals surface area (Å²) in [6.45, 7) is 0. The normalized spacial score (nSPS) is 8.75. The lowest BCUT2D eigenvalue weighted by Crippen LogP contribution is -1.93. The summed E-state index contributed by atoms with van der Waals surface area (Å²) in [5, 5.41) is 8.38. The Morgan fingerprint density at radius 1 is 1.06 bits per heavy atom. The van der Waals surface area contributed by atoms with Crippen LogP contribution in [-0.4, -0.2) is 21.0 Å². The number of hydrogen-bond acceptors (Lipinski definition) is 4. The number of carbonyl (C=O) groups is 1. The van der Waals surface area contributed by atoms with E-state index in [1.807, 2.05) is 0 Å². The number of nitrogen functional groups attached to an aromatic ring is 1. The van der Waals surface area contributed by atoms with Crippen molar-refractivity contribution < 1.29 is 9.90 Å². The van der Waals surface area contributed by atoms with Crippen LogP contribution in [0.5, 0.6) is 0 Å². The van der Waals surface area contributed by atoms with Crippen LogP contribution in [0.4, 0.5) is 5.95 Å². The van der Waals surface area contributed by atoms with Gasteiger partial charge in [-0.15, -0.1) is 0 Å². The van der Waals surface area contributed by atoms with Crippen LogP contribution >= 0.6 is 0 Å². The zero-order valence-electron chi connectivity index (χ0n) is 8.45. The lowest BCUT2D eigenvalue weighted by Gasteiger charge is -1.88. The Balaban J connectivity index is 0.000000165. The molecule has 0 bridgehead atoms. The Kier molecular flexibility index (Phi) is 4.46. The Morgan fingerprint density at radius 3 is 1.94 bits per heavy atom. The van der Waals surface area contributed by atoms with Crippen molar-refractivity contribution in [3.8, 4) is 0 Å². The van der Waals surface area contributed by atoms with Crippen molar-refractivity contribution in [2.75, 3.05) is 5.73 Å². The number of carboxylic acid groups (broad SMARTS) is 1. The van der Waals surface area contributed by atoms with E-state index in [-0.39, 0.29) is 0 Å². The van der Waals surface area contributed by atoms with E-state index in [0.717, 1.165) is 0 Å². The van der Waals surface area contributed by atoms with E-state index < -0.39 is 5.97 Å². The van der Waals surface area contributed by atoms with Gasteiger partial charge in [0.05, 0.1) is 5.56 Å². The van der Waals surface area contributed by atoms with Crippen molar-refractivity contribution in [2.24, 2.45) is 0 Å². The van der Waals surface area contributed by atoms with Gasteiger partial charge in [0.1, 0.15) is 0 Å². The van der Waals surface area contributed by atoms with Gasteiger partial charge in [-0.05, 0) is 18.2 Å². The van der Waals surface area contributed by atoms with Gasteiger partial charge in [0.15, 0.2) is 0 Å². The third-order valence-electron chi connectivity index (χ3n) is 1.61. The number of nitrogens with two attached hydrogens (primary N) is 1. The molecule has 0 spiro atoms. The smallest absolute Gasteiger partial charge is 0.335 e. The maximum absolute atomic E-state index is 10.2. The zero-order chi connectivity index (χ0) is 11.8. The van der Waals surface area contributed by atoms with Gasteiger partial charge in [-0.2, -0.15) is 0 Å². The number of aromatic carboxylic acids is 1. The van der Waals surface area contributed by atoms with Gasteiger partial charge in [0.2, 0.25) is 5.95 Å². The standard InChI is InChI=1S/C7H6O2.C4H5N3/c8-7(9)6-4-2-1-3-5-6;5-4-6-2-1-3-7-4/h1-5H,(H,8,9);1-3H,(H2,5,6,7). The SMILES string of the molecule is Nc1ncccn1.O=C(O)c1ccccc1. The number of aromatic nitrogens is 2. The molecular weight excluding hydrogens is 206 g/mol. The third kappa shape index (κ3) is 4.19. The molecule has 1 heterocycles. The molecule has 5 nitrogen and oxygen atoms in total. The molecule has 3 N–H and O–H groups in total. The molecule has 1 aromatic heterocycles. The summed E-state index contributed by atoms with van der Waals surface area (Å²) < 4.78 is 0. The number of benzene rings is 1. The van der Waals surface area contributed by atoms with Crippen LogP contribution in [-0.2, 0) is 0 Å². The molecule has 0 radical (unpaired) electrons. The second kappa shape index (κ2) is 6.13. The van der Waals surface area contributed by atoms with Gasteiger partial charge in [-0.25, -0.2) is 14.8 Å². The van der Waals surface area contributed by atoms with Crippen LogP contribution < -0.4 is 5.73 Å². The van der Waals surface area contributed by atoms with Crippen molar-refractivity contribution in [1.29, 1.82) is 0 Å². The van der Waals surface area contributed by atoms with Crippen molar-refractivity contribution in [3.63, 3.8) is 0 Å². The van der Waals surface area contributed by atoms with Gasteiger partial charge in [0.25, 0.3) is 0 Å². The maximum atomic E-state index is 10.2. The Bertz CT molecular complexity index is 431. The fourth-order valence-electron chi connectivity index (χ4n) is 0.891. The highest BCUT2D eigenvalue weighted by molar-refractivity contribution is 5.87. The summed E-state index contributed by atoms with van der Waals surface area (Å²) in [7, 11) is 0. The predicted molar refractivity (Wildman–Crippen MR) is 59.8 cm³/mol. The summed E-state index contributed by atoms with van der Waals surface area (Å²) in [5.74, 6) is -0.557. The summed E-state index contributed by atoms with van der Waals surface area (Å²) in [4.78, 5) is 17.5. The maximum Gasteiger partial charge on any atom is 0.335 e. The molecule has 0 saturated heterocycles. The highest BCUT2D eigenvalue weighted by Gasteiger charge is 1.96. The minimum absolute atomic E-state index is 0.322. The first kappa shape index (κ1) is 11.6. The molecule has 5 heteroatoms. The lowest BCUT2D eigenvalue weighted by atomic mass is 10.2. The van der Waals surface area contributed by atoms with E-state index >= 15 is 0 Å². The minimum Gasteiger partial charge on any atom is -0.478 e. The van der Waals surface area contributed by atoms with E-state index in [0.29, 0.717) is 11.5 Å². The van der Waals surface area contributed by atoms with E-state index in [9.17, 15) is 4.79 Å². The van der Waals surface area contributed by atoms with Gasteiger partial charge in [0, 0.05) is 12.4 Å². The molecule has 0 aliphatic carbocycles. The topological polar surface area (TPSA) is 89.1 Å². The first-order valence-corrected chi connectivity index (χ1v) is 4.51. The molecule has 1 aromatic carbocycles. The Labute approximate surface area is 92.6 Å². The second-order valence-electron chi connectivity index (χ2n) is 2.78. The number of anilines is 1. The summed E-state index contributed by atoms with van der Waals surface area (Å²) in [6.07, 6.45) is 3.20. The highest BCUT2D eigenvalue weighted by atomic mass is 16.4. The number of nitrogens with zero attached hydrogens (tertiary/aromatic N) is 2. The molecule has 2 aromatic rings. The Morgan fingerprint density at radius 2 is 1.62 bits per heavy atom. The number of carboxylic acids is 1. The van der Waals surface area contributed by atoms with Crippen LogP contribution in [0.1, 0.15) is 10.4 Å². The molecule has 0 aliphatic rings. The molecule has 0 aliphatic heterocycles. The molecular formula is C11H11N3O2. The first-order chi connectivity index (χ1) is 7.70. The molecule has 0 atom stereocenters. The van der Waals surface area contributed by atoms with Crippen molar-refractivity contribution in [2.45, 2.75) is 0 Å². The molecule has 0 fully saturated rings. The molecule has 16 heavy (non-hydrogen) atoms. The van der Waals surface area contributed by atoms with Crippen LogP contribution in [0.15, 0.2) is 48.8 Å². The molecule has 0 saturated carbocycles. The summed E-state index contributed by atoms with van der Waals surface area (Å²) in [5.41, 5.74) is 5.47. The largest absolute Gasteiger partial charge is 0.478 e. The van der Waals surface area contributed by atoms with Gasteiger partial charge in [-0.1, -0.05) is 18.2 Å². The third-order valence-corrected chi connectivity index (χ3v) is 1.61. The van der Waals surface area contributed by atoms with Crippen molar-refractivity contribution in [3.05, 3.63) is 54.4 Å². The highest BCUT2D eigenvalue weighted by Crippen LogP contribution is 1.96. The summed E-state index contributed by atoms with van der Waals surface area (Å²) in [6, 6.07) is 10.0. The van der Waals surface area contributed by atoms with Crippen LogP contribution in [0, 0.1) is 0 Å². The quantitative estimate of drug-likeness (QED) is 0.754. The van der Waals surface area contributed by atoms with E-state index in [1.165, 1.54) is 0 Å². The molecule has 0 unspecified atom stereocenters. The average molecular weight is 217 g/mol. The molecule has 0 amide bonds. The molecule has 2 rings (SSSR count). The zero-order valence-corrected chi connectivity index (χ0v) is 8.45. The Hall–Kier alpha value is -2.43. The minimum atomic E-state index is -0.879. The van der Waals surface area contributed by atoms with Crippen molar-refractivity contribution in [1.82, 2.24) is 9.97 Å². The van der Waals surface area contributed by atoms with Gasteiger partial charge in [-0.3, -0.25) is 0 Å². The van der Waals surface area contributed by atoms with Crippen LogP contribution in [0.3, 0.4) is 0 Å². The van der Waals surface area contributed by atoms with Crippen LogP contribution in [0.2, 0.25) is 0 Å². The van der Waals surface area contributed by atoms with E-state index in [4.69, 9.17) is 10.8 Å². The van der Waals surface area contributed by atoms with Crippen LogP contribution in [0.25, 0.3) is 0 Å². The van der Waals surface area contributed by atoms with Crippen molar-refractivity contribution >= 4 is 11.9 Å². The van der Waals surface area contributed by atoms with E-state index in [1.54, 1.807) is 48.8 Å². The first-order valence-electron chi connectivity index (χ1n) is 4.51. The monoisotopic (exact) mass is 217 g/mol. The summed E-state index contributed by atoms with van der Waals surface area (Å²) >= 11 is 0. The van der Waals surface area contributed by atoms with E-state index in [2.05, 4.69) is 9.97 Å². The fourth-order valence-corrected chi connectivity index (χ4v) is 0.891. The fraction of sp³-hybridized carbons (Fsp3) is 0. The number of rotatable bonds is 1. The number of hydrogen-bond donors (Lipinski definition) is 2. The predicted octanol–water partition coefficient (Wildman–Crippen LogP) is 1.44. The average Bonchev–Trinajstić information content (AvgIpc) is 2.32. The second-order valence-corrected chi connectivity index (χ2v) is 2.78.